The molecule has 0 aliphatic carbocycles. The van der Waals surface area contributed by atoms with Crippen LogP contribution in [-0.2, 0) is 0 Å². The molecule has 0 aromatic carbocycles. The van der Waals surface area contributed by atoms with Gasteiger partial charge in [-0.15, -0.1) is 0 Å². The molecular formula is C12H18N4. The van der Waals surface area contributed by atoms with Crippen LogP contribution in [-0.4, -0.2) is 14.5 Å². The van der Waals surface area contributed by atoms with E-state index in [9.17, 15) is 0 Å². The summed E-state index contributed by atoms with van der Waals surface area (Å²) in [4.78, 5) is 8.38. The van der Waals surface area contributed by atoms with E-state index in [-0.39, 0.29) is 5.41 Å². The number of hydrogen-bond acceptors (Lipinski definition) is 3. The number of anilines is 1. The summed E-state index contributed by atoms with van der Waals surface area (Å²) >= 11 is 0. The summed E-state index contributed by atoms with van der Waals surface area (Å²) in [5.74, 6) is 0.561. The smallest absolute Gasteiger partial charge is 0.201 e. The maximum atomic E-state index is 5.98. The number of nitrogens with two attached hydrogens (primary N) is 1. The molecule has 1 atom stereocenters. The van der Waals surface area contributed by atoms with E-state index in [4.69, 9.17) is 5.73 Å². The van der Waals surface area contributed by atoms with Crippen LogP contribution in [0, 0.1) is 5.41 Å². The molecule has 0 saturated heterocycles. The SMILES string of the molecule is CC(n1c(N)nc2cnccc21)C(C)(C)C. The minimum absolute atomic E-state index is 0.144. The van der Waals surface area contributed by atoms with Crippen LogP contribution in [0.2, 0.25) is 0 Å². The lowest BCUT2D eigenvalue weighted by atomic mass is 9.88. The second kappa shape index (κ2) is 3.47. The largest absolute Gasteiger partial charge is 0.369 e. The minimum atomic E-state index is 0.144. The molecule has 2 rings (SSSR count). The number of fused-ring (bicyclic) bond motifs is 1. The van der Waals surface area contributed by atoms with Crippen molar-refractivity contribution in [2.24, 2.45) is 5.41 Å². The van der Waals surface area contributed by atoms with Crippen LogP contribution in [0.1, 0.15) is 33.7 Å². The fourth-order valence-corrected chi connectivity index (χ4v) is 1.76. The molecule has 0 fully saturated rings. The van der Waals surface area contributed by atoms with Gasteiger partial charge in [-0.3, -0.25) is 4.98 Å². The van der Waals surface area contributed by atoms with Gasteiger partial charge in [0.2, 0.25) is 5.95 Å². The number of rotatable bonds is 1. The number of pyridine rings is 1. The van der Waals surface area contributed by atoms with Crippen molar-refractivity contribution in [2.45, 2.75) is 33.7 Å². The second-order valence-electron chi connectivity index (χ2n) is 5.25. The van der Waals surface area contributed by atoms with Crippen LogP contribution < -0.4 is 5.73 Å². The first-order valence-corrected chi connectivity index (χ1v) is 5.48. The molecule has 2 aromatic rings. The molecule has 16 heavy (non-hydrogen) atoms. The molecule has 1 unspecified atom stereocenters. The number of nitrogen functional groups attached to an aromatic ring is 1. The zero-order valence-electron chi connectivity index (χ0n) is 10.2. The standard InChI is InChI=1S/C12H18N4/c1-8(12(2,3)4)16-10-5-6-14-7-9(10)15-11(16)13/h5-8H,1-4H3,(H2,13,15). The van der Waals surface area contributed by atoms with Gasteiger partial charge in [0.15, 0.2) is 0 Å². The Morgan fingerprint density at radius 1 is 1.38 bits per heavy atom. The lowest BCUT2D eigenvalue weighted by Crippen LogP contribution is -2.22. The number of imidazole rings is 1. The number of nitrogens with zero attached hydrogens (tertiary/aromatic N) is 3. The van der Waals surface area contributed by atoms with Crippen molar-refractivity contribution >= 4 is 17.0 Å². The lowest BCUT2D eigenvalue weighted by molar-refractivity contribution is 0.270. The monoisotopic (exact) mass is 218 g/mol. The van der Waals surface area contributed by atoms with Gasteiger partial charge in [0.05, 0.1) is 11.7 Å². The Kier molecular flexibility index (Phi) is 2.37. The van der Waals surface area contributed by atoms with Crippen molar-refractivity contribution in [1.29, 1.82) is 0 Å². The van der Waals surface area contributed by atoms with Gasteiger partial charge in [0.1, 0.15) is 5.52 Å². The van der Waals surface area contributed by atoms with Crippen LogP contribution in [0.15, 0.2) is 18.5 Å². The van der Waals surface area contributed by atoms with Gasteiger partial charge < -0.3 is 10.3 Å². The molecule has 0 amide bonds. The summed E-state index contributed by atoms with van der Waals surface area (Å²) in [5.41, 5.74) is 8.03. The van der Waals surface area contributed by atoms with Crippen molar-refractivity contribution in [1.82, 2.24) is 14.5 Å². The van der Waals surface area contributed by atoms with E-state index in [1.54, 1.807) is 12.4 Å². The molecule has 0 aliphatic rings. The summed E-state index contributed by atoms with van der Waals surface area (Å²) in [6, 6.07) is 2.25. The van der Waals surface area contributed by atoms with E-state index in [1.165, 1.54) is 0 Å². The van der Waals surface area contributed by atoms with Crippen LogP contribution in [0.3, 0.4) is 0 Å². The molecule has 0 bridgehead atoms. The summed E-state index contributed by atoms with van der Waals surface area (Å²) in [6.45, 7) is 8.76. The molecule has 2 N–H and O–H groups in total. The van der Waals surface area contributed by atoms with Crippen molar-refractivity contribution in [3.05, 3.63) is 18.5 Å². The topological polar surface area (TPSA) is 56.7 Å². The summed E-state index contributed by atoms with van der Waals surface area (Å²) in [6.07, 6.45) is 3.52. The maximum Gasteiger partial charge on any atom is 0.201 e. The van der Waals surface area contributed by atoms with Crippen molar-refractivity contribution in [3.63, 3.8) is 0 Å². The zero-order valence-corrected chi connectivity index (χ0v) is 10.2. The van der Waals surface area contributed by atoms with E-state index in [2.05, 4.69) is 42.2 Å². The van der Waals surface area contributed by atoms with Crippen LogP contribution in [0.5, 0.6) is 0 Å². The average molecular weight is 218 g/mol. The Balaban J connectivity index is 2.64. The van der Waals surface area contributed by atoms with Gasteiger partial charge >= 0.3 is 0 Å². The van der Waals surface area contributed by atoms with Crippen LogP contribution in [0.4, 0.5) is 5.95 Å². The highest BCUT2D eigenvalue weighted by atomic mass is 15.2. The second-order valence-corrected chi connectivity index (χ2v) is 5.25. The van der Waals surface area contributed by atoms with E-state index < -0.39 is 0 Å². The Labute approximate surface area is 95.5 Å². The van der Waals surface area contributed by atoms with Gasteiger partial charge in [-0.25, -0.2) is 4.98 Å². The summed E-state index contributed by atoms with van der Waals surface area (Å²) in [5, 5.41) is 0. The van der Waals surface area contributed by atoms with Crippen molar-refractivity contribution < 1.29 is 0 Å². The predicted octanol–water partition coefficient (Wildman–Crippen LogP) is 2.62. The van der Waals surface area contributed by atoms with Crippen LogP contribution >= 0.6 is 0 Å². The summed E-state index contributed by atoms with van der Waals surface area (Å²) < 4.78 is 2.08. The number of hydrogen-bond donors (Lipinski definition) is 1. The highest BCUT2D eigenvalue weighted by molar-refractivity contribution is 5.77. The molecule has 4 heteroatoms. The minimum Gasteiger partial charge on any atom is -0.369 e. The van der Waals surface area contributed by atoms with Gasteiger partial charge in [0.25, 0.3) is 0 Å². The Morgan fingerprint density at radius 2 is 2.06 bits per heavy atom. The molecule has 2 heterocycles. The summed E-state index contributed by atoms with van der Waals surface area (Å²) in [7, 11) is 0. The first-order chi connectivity index (χ1) is 7.41. The fraction of sp³-hybridized carbons (Fsp3) is 0.500. The van der Waals surface area contributed by atoms with Gasteiger partial charge in [-0.2, -0.15) is 0 Å². The third kappa shape index (κ3) is 1.64. The Hall–Kier alpha value is -1.58. The Morgan fingerprint density at radius 3 is 2.69 bits per heavy atom. The fourth-order valence-electron chi connectivity index (χ4n) is 1.76. The first-order valence-electron chi connectivity index (χ1n) is 5.48. The number of aromatic nitrogens is 3. The highest BCUT2D eigenvalue weighted by Crippen LogP contribution is 2.34. The first kappa shape index (κ1) is 10.9. The van der Waals surface area contributed by atoms with E-state index in [0.29, 0.717) is 12.0 Å². The lowest BCUT2D eigenvalue weighted by Gasteiger charge is -2.29. The molecule has 2 aromatic heterocycles. The van der Waals surface area contributed by atoms with E-state index >= 15 is 0 Å². The maximum absolute atomic E-state index is 5.98. The quantitative estimate of drug-likeness (QED) is 0.800. The Bertz CT molecular complexity index is 507. The van der Waals surface area contributed by atoms with E-state index in [1.807, 2.05) is 6.07 Å². The zero-order chi connectivity index (χ0) is 11.9. The third-order valence-corrected chi connectivity index (χ3v) is 3.16. The average Bonchev–Trinajstić information content (AvgIpc) is 2.51. The van der Waals surface area contributed by atoms with Crippen LogP contribution in [0.25, 0.3) is 11.0 Å². The molecule has 86 valence electrons. The molecule has 0 spiro atoms. The van der Waals surface area contributed by atoms with E-state index in [0.717, 1.165) is 11.0 Å². The molecular weight excluding hydrogens is 200 g/mol. The van der Waals surface area contributed by atoms with Crippen molar-refractivity contribution in [2.75, 3.05) is 5.73 Å². The van der Waals surface area contributed by atoms with Crippen molar-refractivity contribution in [3.8, 4) is 0 Å². The van der Waals surface area contributed by atoms with Gasteiger partial charge in [-0.1, -0.05) is 20.8 Å². The highest BCUT2D eigenvalue weighted by Gasteiger charge is 2.25. The van der Waals surface area contributed by atoms with Gasteiger partial charge in [-0.05, 0) is 18.4 Å². The molecule has 4 nitrogen and oxygen atoms in total. The molecule has 0 saturated carbocycles. The third-order valence-electron chi connectivity index (χ3n) is 3.16. The predicted molar refractivity (Wildman–Crippen MR) is 66.1 cm³/mol. The molecule has 0 aliphatic heterocycles. The molecule has 0 radical (unpaired) electrons. The van der Waals surface area contributed by atoms with Gasteiger partial charge in [0, 0.05) is 12.2 Å². The normalized spacial score (nSPS) is 14.2.